The van der Waals surface area contributed by atoms with Crippen LogP contribution in [-0.4, -0.2) is 41.5 Å². The van der Waals surface area contributed by atoms with E-state index in [1.165, 1.54) is 0 Å². The van der Waals surface area contributed by atoms with Crippen molar-refractivity contribution in [2.45, 2.75) is 63.1 Å². The lowest BCUT2D eigenvalue weighted by Crippen LogP contribution is -2.47. The second-order valence-corrected chi connectivity index (χ2v) is 6.68. The number of hydrogen-bond acceptors (Lipinski definition) is 4. The molecule has 1 saturated heterocycles. The molecular formula is C17H23F2N3O2. The lowest BCUT2D eigenvalue weighted by Gasteiger charge is -2.30. The van der Waals surface area contributed by atoms with E-state index in [-0.39, 0.29) is 18.1 Å². The normalized spacial score (nSPS) is 29.2. The monoisotopic (exact) mass is 339 g/mol. The average Bonchev–Trinajstić information content (AvgIpc) is 2.92. The Labute approximate surface area is 140 Å². The van der Waals surface area contributed by atoms with Gasteiger partial charge < -0.3 is 10.1 Å². The molecule has 0 radical (unpaired) electrons. The summed E-state index contributed by atoms with van der Waals surface area (Å²) in [6, 6.07) is 3.00. The Balaban J connectivity index is 1.44. The number of halogens is 2. The minimum absolute atomic E-state index is 0.0309. The highest BCUT2D eigenvalue weighted by Gasteiger charge is 2.42. The van der Waals surface area contributed by atoms with Crippen molar-refractivity contribution in [3.8, 4) is 5.75 Å². The van der Waals surface area contributed by atoms with Crippen LogP contribution in [0.2, 0.25) is 0 Å². The molecule has 1 atom stereocenters. The number of carbonyl (C=O) groups is 1. The van der Waals surface area contributed by atoms with Gasteiger partial charge in [0.2, 0.25) is 5.91 Å². The second-order valence-electron chi connectivity index (χ2n) is 6.68. The van der Waals surface area contributed by atoms with Crippen molar-refractivity contribution in [1.29, 1.82) is 0 Å². The van der Waals surface area contributed by atoms with Crippen molar-refractivity contribution in [2.75, 3.05) is 6.54 Å². The second kappa shape index (κ2) is 7.01. The number of carbonyl (C=O) groups excluding carboxylic acids is 1. The fourth-order valence-electron chi connectivity index (χ4n) is 3.30. The molecule has 7 heteroatoms. The molecule has 2 aliphatic rings. The van der Waals surface area contributed by atoms with E-state index in [1.807, 2.05) is 19.1 Å². The lowest BCUT2D eigenvalue weighted by molar-refractivity contribution is -0.124. The summed E-state index contributed by atoms with van der Waals surface area (Å²) in [6.45, 7) is 1.49. The molecule has 1 aliphatic heterocycles. The summed E-state index contributed by atoms with van der Waals surface area (Å²) >= 11 is 0. The predicted molar refractivity (Wildman–Crippen MR) is 85.1 cm³/mol. The van der Waals surface area contributed by atoms with Crippen LogP contribution in [0.5, 0.6) is 5.75 Å². The third kappa shape index (κ3) is 4.20. The van der Waals surface area contributed by atoms with Gasteiger partial charge in [-0.15, -0.1) is 0 Å². The lowest BCUT2D eigenvalue weighted by atomic mass is 9.92. The number of nitrogens with one attached hydrogen (secondary N) is 2. The minimum Gasteiger partial charge on any atom is -0.489 e. The van der Waals surface area contributed by atoms with Crippen molar-refractivity contribution in [3.63, 3.8) is 0 Å². The third-order valence-electron chi connectivity index (χ3n) is 4.70. The molecule has 1 aromatic rings. The number of aryl methyl sites for hydroxylation is 1. The molecular weight excluding hydrogens is 316 g/mol. The standard InChI is InChI=1S/C17H23F2N3O2/c1-11-15(3-2-8-20-11)24-13-6-4-12(5-7-13)22-16(23)14-9-17(18,19)10-21-14/h2-3,8,12-14,21H,4-7,9-10H2,1H3,(H,22,23)/t12?,13?,14-/m0/s1. The van der Waals surface area contributed by atoms with Crippen molar-refractivity contribution in [1.82, 2.24) is 15.6 Å². The van der Waals surface area contributed by atoms with Crippen molar-refractivity contribution in [3.05, 3.63) is 24.0 Å². The molecule has 3 rings (SSSR count). The Hall–Kier alpha value is -1.76. The van der Waals surface area contributed by atoms with Gasteiger partial charge in [-0.3, -0.25) is 15.1 Å². The zero-order valence-corrected chi connectivity index (χ0v) is 13.7. The largest absolute Gasteiger partial charge is 0.489 e. The quantitative estimate of drug-likeness (QED) is 0.883. The van der Waals surface area contributed by atoms with E-state index >= 15 is 0 Å². The fourth-order valence-corrected chi connectivity index (χ4v) is 3.30. The first kappa shape index (κ1) is 17.1. The first-order valence-electron chi connectivity index (χ1n) is 8.43. The molecule has 0 aromatic carbocycles. The van der Waals surface area contributed by atoms with E-state index in [0.29, 0.717) is 0 Å². The summed E-state index contributed by atoms with van der Waals surface area (Å²) in [7, 11) is 0. The van der Waals surface area contributed by atoms with Crippen LogP contribution in [0.4, 0.5) is 8.78 Å². The number of amides is 1. The summed E-state index contributed by atoms with van der Waals surface area (Å²) in [5.41, 5.74) is 0.862. The van der Waals surface area contributed by atoms with Crippen LogP contribution in [0.15, 0.2) is 18.3 Å². The summed E-state index contributed by atoms with van der Waals surface area (Å²) in [6.07, 6.45) is 4.65. The highest BCUT2D eigenvalue weighted by molar-refractivity contribution is 5.82. The van der Waals surface area contributed by atoms with E-state index < -0.39 is 24.9 Å². The van der Waals surface area contributed by atoms with E-state index in [9.17, 15) is 13.6 Å². The molecule has 1 amide bonds. The molecule has 2 N–H and O–H groups in total. The van der Waals surface area contributed by atoms with Gasteiger partial charge >= 0.3 is 0 Å². The minimum atomic E-state index is -2.78. The van der Waals surface area contributed by atoms with Gasteiger partial charge in [0.25, 0.3) is 5.92 Å². The molecule has 2 heterocycles. The number of pyridine rings is 1. The molecule has 1 saturated carbocycles. The predicted octanol–water partition coefficient (Wildman–Crippen LogP) is 2.19. The van der Waals surface area contributed by atoms with E-state index in [4.69, 9.17) is 4.74 Å². The molecule has 1 aromatic heterocycles. The Morgan fingerprint density at radius 2 is 2.12 bits per heavy atom. The summed E-state index contributed by atoms with van der Waals surface area (Å²) in [4.78, 5) is 16.3. The van der Waals surface area contributed by atoms with Gasteiger partial charge in [-0.05, 0) is 44.7 Å². The Kier molecular flexibility index (Phi) is 4.99. The highest BCUT2D eigenvalue weighted by atomic mass is 19.3. The topological polar surface area (TPSA) is 63.2 Å². The summed E-state index contributed by atoms with van der Waals surface area (Å²) < 4.78 is 32.3. The third-order valence-corrected chi connectivity index (χ3v) is 4.70. The maximum atomic E-state index is 13.2. The molecule has 24 heavy (non-hydrogen) atoms. The number of nitrogens with zero attached hydrogens (tertiary/aromatic N) is 1. The van der Waals surface area contributed by atoms with Crippen molar-refractivity contribution in [2.24, 2.45) is 0 Å². The molecule has 0 spiro atoms. The Bertz CT molecular complexity index is 589. The zero-order chi connectivity index (χ0) is 17.2. The van der Waals surface area contributed by atoms with Gasteiger partial charge in [-0.25, -0.2) is 8.78 Å². The van der Waals surface area contributed by atoms with E-state index in [0.717, 1.165) is 37.1 Å². The van der Waals surface area contributed by atoms with Gasteiger partial charge in [0.1, 0.15) is 5.75 Å². The molecule has 0 unspecified atom stereocenters. The number of alkyl halides is 2. The first-order valence-corrected chi connectivity index (χ1v) is 8.43. The van der Waals surface area contributed by atoms with E-state index in [2.05, 4.69) is 15.6 Å². The van der Waals surface area contributed by atoms with Gasteiger partial charge in [-0.2, -0.15) is 0 Å². The molecule has 1 aliphatic carbocycles. The average molecular weight is 339 g/mol. The van der Waals surface area contributed by atoms with Crippen LogP contribution in [0.3, 0.4) is 0 Å². The molecule has 5 nitrogen and oxygen atoms in total. The SMILES string of the molecule is Cc1ncccc1OC1CCC(NC(=O)[C@@H]2CC(F)(F)CN2)CC1. The summed E-state index contributed by atoms with van der Waals surface area (Å²) in [5.74, 6) is -2.31. The molecule has 0 bridgehead atoms. The van der Waals surface area contributed by atoms with E-state index in [1.54, 1.807) is 6.20 Å². The van der Waals surface area contributed by atoms with Crippen LogP contribution >= 0.6 is 0 Å². The van der Waals surface area contributed by atoms with Gasteiger partial charge in [-0.1, -0.05) is 0 Å². The van der Waals surface area contributed by atoms with Crippen LogP contribution < -0.4 is 15.4 Å². The Morgan fingerprint density at radius 1 is 1.38 bits per heavy atom. The highest BCUT2D eigenvalue weighted by Crippen LogP contribution is 2.27. The van der Waals surface area contributed by atoms with Crippen LogP contribution in [0, 0.1) is 6.92 Å². The summed E-state index contributed by atoms with van der Waals surface area (Å²) in [5, 5.41) is 5.48. The maximum Gasteiger partial charge on any atom is 0.262 e. The fraction of sp³-hybridized carbons (Fsp3) is 0.647. The van der Waals surface area contributed by atoms with Crippen molar-refractivity contribution >= 4 is 5.91 Å². The van der Waals surface area contributed by atoms with Crippen LogP contribution in [-0.2, 0) is 4.79 Å². The molecule has 132 valence electrons. The Morgan fingerprint density at radius 3 is 2.75 bits per heavy atom. The maximum absolute atomic E-state index is 13.2. The van der Waals surface area contributed by atoms with Crippen LogP contribution in [0.25, 0.3) is 0 Å². The number of aromatic nitrogens is 1. The number of hydrogen-bond donors (Lipinski definition) is 2. The number of ether oxygens (including phenoxy) is 1. The first-order chi connectivity index (χ1) is 11.4. The molecule has 2 fully saturated rings. The number of rotatable bonds is 4. The van der Waals surface area contributed by atoms with Crippen LogP contribution in [0.1, 0.15) is 37.8 Å². The van der Waals surface area contributed by atoms with Gasteiger partial charge in [0.15, 0.2) is 0 Å². The van der Waals surface area contributed by atoms with Gasteiger partial charge in [0, 0.05) is 18.7 Å². The zero-order valence-electron chi connectivity index (χ0n) is 13.7. The van der Waals surface area contributed by atoms with Gasteiger partial charge in [0.05, 0.1) is 24.4 Å². The van der Waals surface area contributed by atoms with Crippen molar-refractivity contribution < 1.29 is 18.3 Å². The smallest absolute Gasteiger partial charge is 0.262 e.